The van der Waals surface area contributed by atoms with Gasteiger partial charge in [0.15, 0.2) is 0 Å². The van der Waals surface area contributed by atoms with Crippen LogP contribution in [-0.2, 0) is 23.7 Å². The molecule has 10 nitrogen and oxygen atoms in total. The number of esters is 3. The molecule has 1 amide bonds. The number of fused-ring (bicyclic) bond motifs is 1. The number of ether oxygens (including phenoxy) is 4. The third-order valence-electron chi connectivity index (χ3n) is 8.26. The van der Waals surface area contributed by atoms with E-state index in [9.17, 15) is 19.2 Å². The number of rotatable bonds is 7. The lowest BCUT2D eigenvalue weighted by molar-refractivity contribution is -0.152. The maximum Gasteiger partial charge on any atom is 0.410 e. The molecule has 0 aromatic heterocycles. The molecule has 3 aliphatic rings. The van der Waals surface area contributed by atoms with Crippen molar-refractivity contribution in [3.8, 4) is 0 Å². The van der Waals surface area contributed by atoms with Crippen LogP contribution in [0.5, 0.6) is 0 Å². The Morgan fingerprint density at radius 1 is 0.872 bits per heavy atom. The summed E-state index contributed by atoms with van der Waals surface area (Å²) in [5.41, 5.74) is 0.431. The zero-order chi connectivity index (χ0) is 27.9. The van der Waals surface area contributed by atoms with E-state index in [0.29, 0.717) is 37.4 Å². The van der Waals surface area contributed by atoms with Crippen LogP contribution >= 0.6 is 0 Å². The first-order chi connectivity index (χ1) is 18.9. The number of amides is 1. The van der Waals surface area contributed by atoms with Gasteiger partial charge in [0.05, 0.1) is 31.5 Å². The standard InChI is InChI=1S/C29H40N2O8/c1-4-37-26(32)23-10-6-7-11-24(23)27(33)39-22-9-8-14-30(18-22)21-13-12-19-17-31(29(35)36-3)25(16-20(19)15-21)28(34)38-5-2/h6-7,10-11,19-22,25H,4-5,8-9,12-18H2,1-3H3/t19?,20?,21?,22-,25?/m1/s1. The van der Waals surface area contributed by atoms with Gasteiger partial charge in [0.2, 0.25) is 0 Å². The maximum atomic E-state index is 13.0. The first-order valence-corrected chi connectivity index (χ1v) is 14.1. The van der Waals surface area contributed by atoms with Crippen molar-refractivity contribution in [1.29, 1.82) is 0 Å². The van der Waals surface area contributed by atoms with Gasteiger partial charge >= 0.3 is 24.0 Å². The third kappa shape index (κ3) is 6.72. The molecule has 10 heteroatoms. The molecule has 1 aromatic carbocycles. The first kappa shape index (κ1) is 28.9. The van der Waals surface area contributed by atoms with Gasteiger partial charge in [0.25, 0.3) is 0 Å². The molecule has 0 radical (unpaired) electrons. The van der Waals surface area contributed by atoms with Gasteiger partial charge in [0, 0.05) is 19.1 Å². The van der Waals surface area contributed by atoms with Crippen LogP contribution in [0.25, 0.3) is 0 Å². The molecule has 39 heavy (non-hydrogen) atoms. The van der Waals surface area contributed by atoms with Gasteiger partial charge in [-0.1, -0.05) is 12.1 Å². The van der Waals surface area contributed by atoms with Gasteiger partial charge in [-0.2, -0.15) is 0 Å². The van der Waals surface area contributed by atoms with Crippen LogP contribution in [0.15, 0.2) is 24.3 Å². The topological polar surface area (TPSA) is 112 Å². The molecule has 0 bridgehead atoms. The fraction of sp³-hybridized carbons (Fsp3) is 0.655. The van der Waals surface area contributed by atoms with E-state index < -0.39 is 24.1 Å². The van der Waals surface area contributed by atoms with Crippen LogP contribution < -0.4 is 0 Å². The number of likely N-dealkylation sites (tertiary alicyclic amines) is 2. The van der Waals surface area contributed by atoms with Gasteiger partial charge in [-0.3, -0.25) is 9.80 Å². The van der Waals surface area contributed by atoms with E-state index in [0.717, 1.165) is 38.6 Å². The molecule has 1 aromatic rings. The second kappa shape index (κ2) is 13.3. The summed E-state index contributed by atoms with van der Waals surface area (Å²) < 4.78 is 21.2. The van der Waals surface area contributed by atoms with Crippen LogP contribution in [0.2, 0.25) is 0 Å². The fourth-order valence-electron chi connectivity index (χ4n) is 6.39. The summed E-state index contributed by atoms with van der Waals surface area (Å²) in [5.74, 6) is -0.827. The van der Waals surface area contributed by atoms with E-state index in [1.807, 2.05) is 0 Å². The highest BCUT2D eigenvalue weighted by Gasteiger charge is 2.46. The number of methoxy groups -OCH3 is 1. The van der Waals surface area contributed by atoms with Crippen LogP contribution in [0, 0.1) is 11.8 Å². The zero-order valence-electron chi connectivity index (χ0n) is 23.1. The molecule has 5 atom stereocenters. The van der Waals surface area contributed by atoms with E-state index in [-0.39, 0.29) is 36.4 Å². The molecule has 3 fully saturated rings. The Kier molecular flexibility index (Phi) is 9.83. The van der Waals surface area contributed by atoms with Crippen molar-refractivity contribution >= 4 is 24.0 Å². The summed E-state index contributed by atoms with van der Waals surface area (Å²) in [6.07, 6.45) is 4.32. The Bertz CT molecular complexity index is 1050. The molecular formula is C29H40N2O8. The minimum atomic E-state index is -0.632. The highest BCUT2D eigenvalue weighted by molar-refractivity contribution is 6.03. The minimum Gasteiger partial charge on any atom is -0.464 e. The Balaban J connectivity index is 1.38. The molecule has 0 N–H and O–H groups in total. The van der Waals surface area contributed by atoms with E-state index in [1.165, 1.54) is 12.0 Å². The predicted octanol–water partition coefficient (Wildman–Crippen LogP) is 3.67. The van der Waals surface area contributed by atoms with Gasteiger partial charge in [-0.15, -0.1) is 0 Å². The van der Waals surface area contributed by atoms with E-state index in [1.54, 1.807) is 38.1 Å². The average molecular weight is 545 g/mol. The van der Waals surface area contributed by atoms with Crippen molar-refractivity contribution in [2.24, 2.45) is 11.8 Å². The molecule has 0 spiro atoms. The van der Waals surface area contributed by atoms with E-state index in [2.05, 4.69) is 4.90 Å². The van der Waals surface area contributed by atoms with Gasteiger partial charge in [-0.05, 0) is 82.9 Å². The normalized spacial score (nSPS) is 27.2. The zero-order valence-corrected chi connectivity index (χ0v) is 23.1. The quantitative estimate of drug-likeness (QED) is 0.375. The Morgan fingerprint density at radius 2 is 1.59 bits per heavy atom. The molecule has 4 unspecified atom stereocenters. The second-order valence-electron chi connectivity index (χ2n) is 10.5. The highest BCUT2D eigenvalue weighted by atomic mass is 16.6. The molecule has 2 saturated heterocycles. The van der Waals surface area contributed by atoms with Crippen molar-refractivity contribution in [2.45, 2.75) is 70.6 Å². The van der Waals surface area contributed by atoms with Crippen molar-refractivity contribution in [3.05, 3.63) is 35.4 Å². The summed E-state index contributed by atoms with van der Waals surface area (Å²) in [5, 5.41) is 0. The van der Waals surface area contributed by atoms with Crippen LogP contribution in [0.3, 0.4) is 0 Å². The number of carbonyl (C=O) groups is 4. The number of carbonyl (C=O) groups excluding carboxylic acids is 4. The molecule has 1 aliphatic carbocycles. The number of hydrogen-bond acceptors (Lipinski definition) is 9. The summed E-state index contributed by atoms with van der Waals surface area (Å²) >= 11 is 0. The van der Waals surface area contributed by atoms with Crippen LogP contribution in [-0.4, -0.2) is 91.9 Å². The summed E-state index contributed by atoms with van der Waals surface area (Å²) in [7, 11) is 1.34. The first-order valence-electron chi connectivity index (χ1n) is 14.1. The molecular weight excluding hydrogens is 504 g/mol. The van der Waals surface area contributed by atoms with Crippen molar-refractivity contribution in [1.82, 2.24) is 9.80 Å². The van der Waals surface area contributed by atoms with Crippen LogP contribution in [0.4, 0.5) is 4.79 Å². The number of hydrogen-bond donors (Lipinski definition) is 0. The molecule has 2 aliphatic heterocycles. The van der Waals surface area contributed by atoms with Gasteiger partial charge < -0.3 is 18.9 Å². The lowest BCUT2D eigenvalue weighted by Gasteiger charge is -2.49. The molecule has 214 valence electrons. The number of benzene rings is 1. The number of nitrogens with zero attached hydrogens (tertiary/aromatic N) is 2. The highest BCUT2D eigenvalue weighted by Crippen LogP contribution is 2.41. The second-order valence-corrected chi connectivity index (χ2v) is 10.5. The monoisotopic (exact) mass is 544 g/mol. The molecule has 4 rings (SSSR count). The average Bonchev–Trinajstić information content (AvgIpc) is 2.96. The molecule has 1 saturated carbocycles. The SMILES string of the molecule is CCOC(=O)c1ccccc1C(=O)O[C@@H]1CCCN(C2CCC3CN(C(=O)OC)C(C(=O)OCC)CC3C2)C1. The van der Waals surface area contributed by atoms with Crippen molar-refractivity contribution in [2.75, 3.05) is 40.0 Å². The van der Waals surface area contributed by atoms with Gasteiger partial charge in [-0.25, -0.2) is 19.2 Å². The Morgan fingerprint density at radius 3 is 2.28 bits per heavy atom. The maximum absolute atomic E-state index is 13.0. The summed E-state index contributed by atoms with van der Waals surface area (Å²) in [4.78, 5) is 54.4. The number of piperidine rings is 2. The van der Waals surface area contributed by atoms with Crippen molar-refractivity contribution in [3.63, 3.8) is 0 Å². The largest absolute Gasteiger partial charge is 0.464 e. The smallest absolute Gasteiger partial charge is 0.410 e. The predicted molar refractivity (Wildman–Crippen MR) is 141 cm³/mol. The minimum absolute atomic E-state index is 0.213. The van der Waals surface area contributed by atoms with E-state index >= 15 is 0 Å². The molecule has 2 heterocycles. The summed E-state index contributed by atoms with van der Waals surface area (Å²) in [6, 6.07) is 6.26. The fourth-order valence-corrected chi connectivity index (χ4v) is 6.39. The third-order valence-corrected chi connectivity index (χ3v) is 8.26. The van der Waals surface area contributed by atoms with Gasteiger partial charge in [0.1, 0.15) is 12.1 Å². The lowest BCUT2D eigenvalue weighted by Crippen LogP contribution is -2.57. The Hall–Kier alpha value is -3.14. The lowest BCUT2D eigenvalue weighted by atomic mass is 9.70. The van der Waals surface area contributed by atoms with E-state index in [4.69, 9.17) is 18.9 Å². The summed E-state index contributed by atoms with van der Waals surface area (Å²) in [6.45, 7) is 6.02. The van der Waals surface area contributed by atoms with Crippen LogP contribution in [0.1, 0.15) is 73.1 Å². The Labute approximate surface area is 229 Å². The van der Waals surface area contributed by atoms with Crippen molar-refractivity contribution < 1.29 is 38.1 Å².